The van der Waals surface area contributed by atoms with E-state index in [4.69, 9.17) is 0 Å². The van der Waals surface area contributed by atoms with Gasteiger partial charge in [-0.25, -0.2) is 0 Å². The third kappa shape index (κ3) is 3.84. The second-order valence-corrected chi connectivity index (χ2v) is 4.95. The molecule has 0 aromatic rings. The zero-order valence-corrected chi connectivity index (χ0v) is 10.5. The first-order chi connectivity index (χ1) is 7.15. The van der Waals surface area contributed by atoms with Crippen molar-refractivity contribution in [3.8, 4) is 0 Å². The molecule has 1 rings (SSSR count). The third-order valence-corrected chi connectivity index (χ3v) is 3.89. The maximum atomic E-state index is 11.8. The summed E-state index contributed by atoms with van der Waals surface area (Å²) in [5.74, 6) is 1.16. The topological polar surface area (TPSA) is 20.3 Å². The molecule has 0 saturated heterocycles. The first kappa shape index (κ1) is 12.5. The average Bonchev–Trinajstić information content (AvgIpc) is 2.76. The number of hydrogen-bond acceptors (Lipinski definition) is 1. The van der Waals surface area contributed by atoms with Crippen LogP contribution in [-0.2, 0) is 4.79 Å². The minimum atomic E-state index is 0.330. The molecule has 15 heavy (non-hydrogen) atoms. The summed E-state index contributed by atoms with van der Waals surface area (Å²) in [6.45, 7) is 4.25. The Balaban J connectivity index is 2.22. The second kappa shape index (κ2) is 6.14. The van der Waals surface area contributed by atoms with Crippen molar-refractivity contribution in [1.82, 2.24) is 4.90 Å². The summed E-state index contributed by atoms with van der Waals surface area (Å²) in [6.07, 6.45) is 8.36. The van der Waals surface area contributed by atoms with Gasteiger partial charge in [0.25, 0.3) is 0 Å². The number of hydrogen-bond donors (Lipinski definition) is 0. The molecule has 1 aliphatic carbocycles. The number of rotatable bonds is 5. The van der Waals surface area contributed by atoms with E-state index < -0.39 is 0 Å². The van der Waals surface area contributed by atoms with E-state index in [9.17, 15) is 4.79 Å². The molecule has 2 nitrogen and oxygen atoms in total. The largest absolute Gasteiger partial charge is 0.343 e. The smallest absolute Gasteiger partial charge is 0.222 e. The maximum Gasteiger partial charge on any atom is 0.222 e. The summed E-state index contributed by atoms with van der Waals surface area (Å²) in [6, 6.07) is 0.390. The summed E-state index contributed by atoms with van der Waals surface area (Å²) >= 11 is 0. The summed E-state index contributed by atoms with van der Waals surface area (Å²) in [7, 11) is 1.94. The van der Waals surface area contributed by atoms with Crippen LogP contribution in [0.5, 0.6) is 0 Å². The van der Waals surface area contributed by atoms with Crippen LogP contribution < -0.4 is 0 Å². The molecule has 0 aromatic heterocycles. The second-order valence-electron chi connectivity index (χ2n) is 4.95. The van der Waals surface area contributed by atoms with Gasteiger partial charge >= 0.3 is 0 Å². The minimum absolute atomic E-state index is 0.330. The van der Waals surface area contributed by atoms with Crippen LogP contribution in [0.25, 0.3) is 0 Å². The number of amides is 1. The molecule has 1 saturated carbocycles. The molecule has 0 spiro atoms. The van der Waals surface area contributed by atoms with Crippen LogP contribution in [-0.4, -0.2) is 23.9 Å². The van der Waals surface area contributed by atoms with Crippen LogP contribution >= 0.6 is 0 Å². The standard InChI is InChI=1S/C13H25NO/c1-4-11(2)14(3)13(15)10-9-12-7-5-6-8-12/h11-12H,4-10H2,1-3H3. The van der Waals surface area contributed by atoms with Crippen LogP contribution in [0.3, 0.4) is 0 Å². The highest BCUT2D eigenvalue weighted by Gasteiger charge is 2.19. The zero-order valence-electron chi connectivity index (χ0n) is 10.5. The molecule has 1 unspecified atom stereocenters. The van der Waals surface area contributed by atoms with Gasteiger partial charge in [0.2, 0.25) is 5.91 Å². The van der Waals surface area contributed by atoms with Crippen molar-refractivity contribution in [2.75, 3.05) is 7.05 Å². The molecule has 0 aliphatic heterocycles. The average molecular weight is 211 g/mol. The van der Waals surface area contributed by atoms with E-state index in [0.717, 1.165) is 25.2 Å². The third-order valence-electron chi connectivity index (χ3n) is 3.89. The number of carbonyl (C=O) groups is 1. The van der Waals surface area contributed by atoms with E-state index >= 15 is 0 Å². The summed E-state index contributed by atoms with van der Waals surface area (Å²) in [5.41, 5.74) is 0. The maximum absolute atomic E-state index is 11.8. The fraction of sp³-hybridized carbons (Fsp3) is 0.923. The van der Waals surface area contributed by atoms with Gasteiger partial charge in [-0.3, -0.25) is 4.79 Å². The lowest BCUT2D eigenvalue weighted by molar-refractivity contribution is -0.132. The molecule has 0 bridgehead atoms. The molecule has 88 valence electrons. The van der Waals surface area contributed by atoms with Crippen molar-refractivity contribution >= 4 is 5.91 Å². The first-order valence-corrected chi connectivity index (χ1v) is 6.40. The number of carbonyl (C=O) groups excluding carboxylic acids is 1. The highest BCUT2D eigenvalue weighted by atomic mass is 16.2. The lowest BCUT2D eigenvalue weighted by atomic mass is 10.0. The van der Waals surface area contributed by atoms with Gasteiger partial charge in [-0.15, -0.1) is 0 Å². The minimum Gasteiger partial charge on any atom is -0.343 e. The molecule has 0 radical (unpaired) electrons. The van der Waals surface area contributed by atoms with Gasteiger partial charge in [-0.05, 0) is 25.7 Å². The normalized spacial score (nSPS) is 19.1. The SMILES string of the molecule is CCC(C)N(C)C(=O)CCC1CCCC1. The van der Waals surface area contributed by atoms with Crippen molar-refractivity contribution in [1.29, 1.82) is 0 Å². The summed E-state index contributed by atoms with van der Waals surface area (Å²) in [5, 5.41) is 0. The highest BCUT2D eigenvalue weighted by Crippen LogP contribution is 2.28. The Labute approximate surface area is 94.0 Å². The Morgan fingerprint density at radius 2 is 2.00 bits per heavy atom. The van der Waals surface area contributed by atoms with Gasteiger partial charge in [-0.1, -0.05) is 32.6 Å². The van der Waals surface area contributed by atoms with Gasteiger partial charge in [0, 0.05) is 19.5 Å². The van der Waals surface area contributed by atoms with Crippen molar-refractivity contribution in [2.24, 2.45) is 5.92 Å². The van der Waals surface area contributed by atoms with E-state index in [1.165, 1.54) is 25.7 Å². The molecular weight excluding hydrogens is 186 g/mol. The Morgan fingerprint density at radius 1 is 1.40 bits per heavy atom. The van der Waals surface area contributed by atoms with E-state index in [2.05, 4.69) is 13.8 Å². The van der Waals surface area contributed by atoms with Crippen molar-refractivity contribution in [3.05, 3.63) is 0 Å². The van der Waals surface area contributed by atoms with Gasteiger partial charge in [-0.2, -0.15) is 0 Å². The van der Waals surface area contributed by atoms with E-state index in [1.54, 1.807) is 0 Å². The van der Waals surface area contributed by atoms with Crippen LogP contribution in [0.15, 0.2) is 0 Å². The predicted octanol–water partition coefficient (Wildman–Crippen LogP) is 3.21. The fourth-order valence-electron chi connectivity index (χ4n) is 2.32. The van der Waals surface area contributed by atoms with Crippen molar-refractivity contribution < 1.29 is 4.79 Å². The lowest BCUT2D eigenvalue weighted by Gasteiger charge is -2.24. The first-order valence-electron chi connectivity index (χ1n) is 6.40. The van der Waals surface area contributed by atoms with Gasteiger partial charge in [0.05, 0.1) is 0 Å². The van der Waals surface area contributed by atoms with E-state index in [0.29, 0.717) is 11.9 Å². The van der Waals surface area contributed by atoms with Crippen LogP contribution in [0.2, 0.25) is 0 Å². The molecule has 2 heteroatoms. The predicted molar refractivity (Wildman–Crippen MR) is 63.7 cm³/mol. The molecule has 1 atom stereocenters. The Morgan fingerprint density at radius 3 is 2.53 bits per heavy atom. The molecule has 1 amide bonds. The quantitative estimate of drug-likeness (QED) is 0.684. The Bertz CT molecular complexity index is 197. The monoisotopic (exact) mass is 211 g/mol. The van der Waals surface area contributed by atoms with Crippen LogP contribution in [0, 0.1) is 5.92 Å². The van der Waals surface area contributed by atoms with E-state index in [1.807, 2.05) is 11.9 Å². The Kier molecular flexibility index (Phi) is 5.13. The van der Waals surface area contributed by atoms with E-state index in [-0.39, 0.29) is 0 Å². The van der Waals surface area contributed by atoms with Crippen molar-refractivity contribution in [2.45, 2.75) is 64.8 Å². The van der Waals surface area contributed by atoms with Crippen LogP contribution in [0.4, 0.5) is 0 Å². The fourth-order valence-corrected chi connectivity index (χ4v) is 2.32. The number of nitrogens with zero attached hydrogens (tertiary/aromatic N) is 1. The molecule has 1 fully saturated rings. The summed E-state index contributed by atoms with van der Waals surface area (Å²) in [4.78, 5) is 13.7. The molecule has 1 aliphatic rings. The Hall–Kier alpha value is -0.530. The highest BCUT2D eigenvalue weighted by molar-refractivity contribution is 5.76. The lowest BCUT2D eigenvalue weighted by Crippen LogP contribution is -2.34. The molecule has 0 aromatic carbocycles. The van der Waals surface area contributed by atoms with Crippen LogP contribution in [0.1, 0.15) is 58.8 Å². The van der Waals surface area contributed by atoms with Gasteiger partial charge < -0.3 is 4.90 Å². The molecule has 0 N–H and O–H groups in total. The van der Waals surface area contributed by atoms with Crippen molar-refractivity contribution in [3.63, 3.8) is 0 Å². The zero-order chi connectivity index (χ0) is 11.3. The molecule has 0 heterocycles. The summed E-state index contributed by atoms with van der Waals surface area (Å²) < 4.78 is 0. The van der Waals surface area contributed by atoms with Gasteiger partial charge in [0.15, 0.2) is 0 Å². The van der Waals surface area contributed by atoms with Gasteiger partial charge in [0.1, 0.15) is 0 Å². The molecular formula is C13H25NO.